The van der Waals surface area contributed by atoms with Gasteiger partial charge in [0, 0.05) is 0 Å². The Morgan fingerprint density at radius 1 is 0.783 bits per heavy atom. The summed E-state index contributed by atoms with van der Waals surface area (Å²) in [6, 6.07) is 17.2. The Hall–Kier alpha value is -1.20. The molecule has 1 heteroatoms. The molecule has 0 nitrogen and oxygen atoms in total. The van der Waals surface area contributed by atoms with Gasteiger partial charge in [-0.1, -0.05) is 92.1 Å². The normalized spacial score (nSPS) is 9.35. The third kappa shape index (κ3) is 8.87. The van der Waals surface area contributed by atoms with E-state index in [0.717, 1.165) is 32.1 Å². The van der Waals surface area contributed by atoms with Crippen LogP contribution in [0.1, 0.15) is 42.0 Å². The summed E-state index contributed by atoms with van der Waals surface area (Å²) in [5.74, 6) is 0. The van der Waals surface area contributed by atoms with Crippen LogP contribution in [0, 0.1) is 13.8 Å². The van der Waals surface area contributed by atoms with Crippen LogP contribution in [0.15, 0.2) is 55.1 Å². The fourth-order valence-corrected chi connectivity index (χ4v) is 2.17. The summed E-state index contributed by atoms with van der Waals surface area (Å²) in [7, 11) is 0. The summed E-state index contributed by atoms with van der Waals surface area (Å²) >= 11 is 0. The molecule has 0 amide bonds. The number of aryl methyl sites for hydroxylation is 3. The van der Waals surface area contributed by atoms with Gasteiger partial charge in [0.15, 0.2) is 0 Å². The second-order valence-corrected chi connectivity index (χ2v) is 5.32. The van der Waals surface area contributed by atoms with Crippen molar-refractivity contribution in [2.24, 2.45) is 0 Å². The van der Waals surface area contributed by atoms with Crippen molar-refractivity contribution >= 4 is 6.08 Å². The van der Waals surface area contributed by atoms with Crippen LogP contribution in [0.2, 0.25) is 0 Å². The molecule has 118 valence electrons. The quantitative estimate of drug-likeness (QED) is 0.432. The number of benzene rings is 2. The minimum absolute atomic E-state index is 0. The maximum Gasteiger partial charge on any atom is 2.00 e. The molecule has 0 spiro atoms. The van der Waals surface area contributed by atoms with Crippen LogP contribution in [0.5, 0.6) is 0 Å². The van der Waals surface area contributed by atoms with Crippen molar-refractivity contribution in [3.05, 3.63) is 91.2 Å². The zero-order valence-electron chi connectivity index (χ0n) is 14.6. The van der Waals surface area contributed by atoms with Gasteiger partial charge in [-0.3, -0.25) is 0 Å². The van der Waals surface area contributed by atoms with Crippen molar-refractivity contribution in [2.45, 2.75) is 39.0 Å². The van der Waals surface area contributed by atoms with E-state index in [-0.39, 0.29) is 19.5 Å². The van der Waals surface area contributed by atoms with E-state index in [9.17, 15) is 0 Å². The van der Waals surface area contributed by atoms with E-state index < -0.39 is 0 Å². The van der Waals surface area contributed by atoms with Gasteiger partial charge < -0.3 is 13.8 Å². The zero-order valence-corrected chi connectivity index (χ0v) is 17.5. The van der Waals surface area contributed by atoms with E-state index in [4.69, 9.17) is 0 Å². The van der Waals surface area contributed by atoms with Gasteiger partial charge in [-0.15, -0.1) is 0 Å². The van der Waals surface area contributed by atoms with Crippen LogP contribution >= 0.6 is 0 Å². The van der Waals surface area contributed by atoms with Crippen molar-refractivity contribution in [2.75, 3.05) is 0 Å². The van der Waals surface area contributed by atoms with Gasteiger partial charge in [0.05, 0.1) is 0 Å². The average molecular weight is 358 g/mol. The number of hydrogen-bond donors (Lipinski definition) is 0. The molecular formula is C22H28Zn. The van der Waals surface area contributed by atoms with Gasteiger partial charge in [0.1, 0.15) is 0 Å². The molecule has 0 fully saturated rings. The summed E-state index contributed by atoms with van der Waals surface area (Å²) in [6.07, 6.45) is 7.11. The van der Waals surface area contributed by atoms with Gasteiger partial charge in [-0.05, 0) is 17.5 Å². The van der Waals surface area contributed by atoms with Crippen LogP contribution in [0.25, 0.3) is 6.08 Å². The van der Waals surface area contributed by atoms with E-state index in [0.29, 0.717) is 0 Å². The molecule has 0 saturated carbocycles. The Labute approximate surface area is 155 Å². The van der Waals surface area contributed by atoms with Crippen molar-refractivity contribution in [1.29, 1.82) is 0 Å². The van der Waals surface area contributed by atoms with Gasteiger partial charge in [-0.25, -0.2) is 0 Å². The van der Waals surface area contributed by atoms with Crippen molar-refractivity contribution in [3.8, 4) is 0 Å². The van der Waals surface area contributed by atoms with Gasteiger partial charge in [-0.2, -0.15) is 12.8 Å². The second kappa shape index (κ2) is 13.3. The molecule has 0 aliphatic rings. The van der Waals surface area contributed by atoms with Crippen molar-refractivity contribution in [3.63, 3.8) is 0 Å². The second-order valence-electron chi connectivity index (χ2n) is 5.32. The molecular weight excluding hydrogens is 330 g/mol. The Kier molecular flexibility index (Phi) is 12.6. The van der Waals surface area contributed by atoms with E-state index in [2.05, 4.69) is 75.9 Å². The first kappa shape index (κ1) is 21.8. The largest absolute Gasteiger partial charge is 2.00 e. The molecule has 2 aromatic carbocycles. The molecule has 0 N–H and O–H groups in total. The van der Waals surface area contributed by atoms with Crippen LogP contribution in [0.3, 0.4) is 0 Å². The first-order valence-corrected chi connectivity index (χ1v) is 8.11. The van der Waals surface area contributed by atoms with Gasteiger partial charge in [0.25, 0.3) is 0 Å². The summed E-state index contributed by atoms with van der Waals surface area (Å²) in [6.45, 7) is 13.5. The summed E-state index contributed by atoms with van der Waals surface area (Å²) in [5, 5.41) is 0. The molecule has 2 aromatic rings. The fraction of sp³-hybridized carbons (Fsp3) is 0.273. The van der Waals surface area contributed by atoms with Crippen molar-refractivity contribution < 1.29 is 19.5 Å². The van der Waals surface area contributed by atoms with Crippen LogP contribution < -0.4 is 0 Å². The smallest absolute Gasteiger partial charge is 0.343 e. The zero-order chi connectivity index (χ0) is 16.2. The maximum atomic E-state index is 3.82. The minimum Gasteiger partial charge on any atom is -0.343 e. The number of hydrogen-bond acceptors (Lipinski definition) is 0. The molecule has 0 saturated heterocycles. The molecule has 0 radical (unpaired) electrons. The van der Waals surface area contributed by atoms with Crippen LogP contribution in [-0.4, -0.2) is 0 Å². The predicted octanol–water partition coefficient (Wildman–Crippen LogP) is 6.11. The fourth-order valence-electron chi connectivity index (χ4n) is 2.17. The average Bonchev–Trinajstić information content (AvgIpc) is 2.57. The SMILES string of the molecule is C=Cc1ccc(CC[CH2-])cc1.[CH2-]CCc1ccc(CC)cc1.[Zn+2]. The predicted molar refractivity (Wildman–Crippen MR) is 99.7 cm³/mol. The Bertz CT molecular complexity index is 523. The van der Waals surface area contributed by atoms with E-state index in [1.54, 1.807) is 0 Å². The molecule has 0 bridgehead atoms. The van der Waals surface area contributed by atoms with E-state index in [1.165, 1.54) is 22.3 Å². The molecule has 2 rings (SSSR count). The topological polar surface area (TPSA) is 0 Å². The first-order valence-electron chi connectivity index (χ1n) is 8.11. The van der Waals surface area contributed by atoms with Crippen LogP contribution in [0.4, 0.5) is 0 Å². The standard InChI is InChI=1S/C11H15.C11H13.Zn/c2*1-3-5-11-8-6-10(4-2)7-9-11;/h6-9H,1,3-5H2,2H3;4,6-9H,1-3,5H2;/q2*-1;+2. The monoisotopic (exact) mass is 356 g/mol. The Balaban J connectivity index is 0.000000403. The van der Waals surface area contributed by atoms with Gasteiger partial charge in [0.2, 0.25) is 0 Å². The van der Waals surface area contributed by atoms with Gasteiger partial charge >= 0.3 is 19.5 Å². The van der Waals surface area contributed by atoms with E-state index in [1.807, 2.05) is 6.08 Å². The summed E-state index contributed by atoms with van der Waals surface area (Å²) in [5.41, 5.74) is 5.35. The maximum absolute atomic E-state index is 3.82. The number of rotatable bonds is 6. The van der Waals surface area contributed by atoms with Crippen LogP contribution in [-0.2, 0) is 38.7 Å². The molecule has 0 atom stereocenters. The molecule has 0 heterocycles. The third-order valence-corrected chi connectivity index (χ3v) is 3.58. The molecule has 0 aromatic heterocycles. The summed E-state index contributed by atoms with van der Waals surface area (Å²) < 4.78 is 0. The Morgan fingerprint density at radius 2 is 1.17 bits per heavy atom. The molecule has 23 heavy (non-hydrogen) atoms. The summed E-state index contributed by atoms with van der Waals surface area (Å²) in [4.78, 5) is 0. The molecule has 0 aliphatic heterocycles. The molecule has 0 unspecified atom stereocenters. The Morgan fingerprint density at radius 3 is 1.52 bits per heavy atom. The first-order chi connectivity index (χ1) is 10.7. The van der Waals surface area contributed by atoms with E-state index >= 15 is 0 Å². The van der Waals surface area contributed by atoms with Crippen molar-refractivity contribution in [1.82, 2.24) is 0 Å². The minimum atomic E-state index is 0. The molecule has 0 aliphatic carbocycles. The third-order valence-electron chi connectivity index (χ3n) is 3.58.